The topological polar surface area (TPSA) is 58.6 Å². The second kappa shape index (κ2) is 8.71. The van der Waals surface area contributed by atoms with E-state index in [4.69, 9.17) is 4.74 Å². The summed E-state index contributed by atoms with van der Waals surface area (Å²) in [6.45, 7) is 7.92. The number of carbonyl (C=O) groups is 2. The highest BCUT2D eigenvalue weighted by Crippen LogP contribution is 2.28. The molecule has 0 saturated heterocycles. The number of rotatable bonds is 6. The molecule has 0 fully saturated rings. The first-order chi connectivity index (χ1) is 12.7. The van der Waals surface area contributed by atoms with E-state index in [1.807, 2.05) is 25.1 Å². The van der Waals surface area contributed by atoms with Crippen LogP contribution in [0.3, 0.4) is 0 Å². The molecule has 5 nitrogen and oxygen atoms in total. The Labute approximate surface area is 161 Å². The van der Waals surface area contributed by atoms with Crippen LogP contribution in [0.2, 0.25) is 0 Å². The molecule has 2 rings (SSSR count). The van der Waals surface area contributed by atoms with E-state index >= 15 is 0 Å². The van der Waals surface area contributed by atoms with Crippen molar-refractivity contribution >= 4 is 17.5 Å². The monoisotopic (exact) mass is 368 g/mol. The zero-order valence-corrected chi connectivity index (χ0v) is 16.9. The maximum absolute atomic E-state index is 12.5. The Bertz CT molecular complexity index is 811. The van der Waals surface area contributed by atoms with Crippen LogP contribution in [0.4, 0.5) is 5.69 Å². The number of anilines is 1. The number of hydrogen-bond acceptors (Lipinski definition) is 3. The molecule has 0 aliphatic rings. The second-order valence-electron chi connectivity index (χ2n) is 7.22. The molecule has 0 saturated carbocycles. The Balaban J connectivity index is 2.06. The fourth-order valence-electron chi connectivity index (χ4n) is 2.66. The van der Waals surface area contributed by atoms with Gasteiger partial charge in [0.15, 0.2) is 6.10 Å². The molecule has 0 aromatic heterocycles. The van der Waals surface area contributed by atoms with Gasteiger partial charge in [-0.25, -0.2) is 0 Å². The van der Waals surface area contributed by atoms with Crippen molar-refractivity contribution in [2.45, 2.75) is 39.7 Å². The summed E-state index contributed by atoms with van der Waals surface area (Å²) in [5, 5.41) is 2.83. The Morgan fingerprint density at radius 3 is 2.19 bits per heavy atom. The van der Waals surface area contributed by atoms with Gasteiger partial charge in [-0.05, 0) is 61.2 Å². The Morgan fingerprint density at radius 2 is 1.63 bits per heavy atom. The third kappa shape index (κ3) is 5.33. The van der Waals surface area contributed by atoms with E-state index in [0.29, 0.717) is 17.2 Å². The van der Waals surface area contributed by atoms with Crippen molar-refractivity contribution in [2.24, 2.45) is 0 Å². The second-order valence-corrected chi connectivity index (χ2v) is 7.22. The van der Waals surface area contributed by atoms with Crippen LogP contribution >= 0.6 is 0 Å². The number of ether oxygens (including phenoxy) is 1. The van der Waals surface area contributed by atoms with E-state index in [2.05, 4.69) is 19.2 Å². The van der Waals surface area contributed by atoms with Gasteiger partial charge in [-0.15, -0.1) is 0 Å². The minimum Gasteiger partial charge on any atom is -0.481 e. The lowest BCUT2D eigenvalue weighted by atomic mass is 10.0. The summed E-state index contributed by atoms with van der Waals surface area (Å²) in [7, 11) is 3.40. The van der Waals surface area contributed by atoms with Crippen LogP contribution in [0.25, 0.3) is 0 Å². The first-order valence-electron chi connectivity index (χ1n) is 9.08. The number of nitrogens with zero attached hydrogens (tertiary/aromatic N) is 1. The van der Waals surface area contributed by atoms with Crippen LogP contribution in [-0.4, -0.2) is 36.9 Å². The number of hydrogen-bond donors (Lipinski definition) is 1. The van der Waals surface area contributed by atoms with Crippen LogP contribution < -0.4 is 10.1 Å². The molecule has 1 unspecified atom stereocenters. The van der Waals surface area contributed by atoms with Crippen LogP contribution in [0.15, 0.2) is 42.5 Å². The molecule has 2 aromatic carbocycles. The van der Waals surface area contributed by atoms with Crippen LogP contribution in [0, 0.1) is 6.92 Å². The molecule has 1 N–H and O–H groups in total. The van der Waals surface area contributed by atoms with Crippen molar-refractivity contribution in [1.82, 2.24) is 4.90 Å². The number of nitrogens with one attached hydrogen (secondary N) is 1. The molecular formula is C22H28N2O3. The largest absolute Gasteiger partial charge is 0.481 e. The molecular weight excluding hydrogens is 340 g/mol. The number of carbonyl (C=O) groups excluding carboxylic acids is 2. The fraction of sp³-hybridized carbons (Fsp3) is 0.364. The predicted octanol–water partition coefficient (Wildman–Crippen LogP) is 4.23. The van der Waals surface area contributed by atoms with Crippen molar-refractivity contribution in [3.63, 3.8) is 0 Å². The van der Waals surface area contributed by atoms with Crippen molar-refractivity contribution in [3.05, 3.63) is 59.2 Å². The van der Waals surface area contributed by atoms with Crippen molar-refractivity contribution in [2.75, 3.05) is 19.4 Å². The van der Waals surface area contributed by atoms with Crippen molar-refractivity contribution in [1.29, 1.82) is 0 Å². The summed E-state index contributed by atoms with van der Waals surface area (Å²) in [6, 6.07) is 12.9. The standard InChI is InChI=1S/C22H28N2O3/c1-14(2)19-12-7-15(3)13-20(19)27-16(4)21(25)23-18-10-8-17(9-11-18)22(26)24(5)6/h7-14,16H,1-6H3,(H,23,25). The highest BCUT2D eigenvalue weighted by atomic mass is 16.5. The zero-order valence-electron chi connectivity index (χ0n) is 16.9. The molecule has 0 spiro atoms. The summed E-state index contributed by atoms with van der Waals surface area (Å²) in [5.74, 6) is 0.723. The van der Waals surface area contributed by atoms with E-state index < -0.39 is 6.10 Å². The molecule has 5 heteroatoms. The summed E-state index contributed by atoms with van der Waals surface area (Å²) in [4.78, 5) is 25.9. The zero-order chi connectivity index (χ0) is 20.1. The minimum atomic E-state index is -0.646. The molecule has 0 heterocycles. The predicted molar refractivity (Wildman–Crippen MR) is 108 cm³/mol. The number of benzene rings is 2. The lowest BCUT2D eigenvalue weighted by Gasteiger charge is -2.19. The summed E-state index contributed by atoms with van der Waals surface area (Å²) < 4.78 is 5.94. The van der Waals surface area contributed by atoms with Gasteiger partial charge in [0, 0.05) is 25.3 Å². The van der Waals surface area contributed by atoms with E-state index in [0.717, 1.165) is 16.9 Å². The summed E-state index contributed by atoms with van der Waals surface area (Å²) >= 11 is 0. The fourth-order valence-corrected chi connectivity index (χ4v) is 2.66. The van der Waals surface area contributed by atoms with E-state index in [1.54, 1.807) is 45.3 Å². The normalized spacial score (nSPS) is 11.8. The molecule has 0 aliphatic carbocycles. The van der Waals surface area contributed by atoms with Crippen LogP contribution in [-0.2, 0) is 4.79 Å². The average molecular weight is 368 g/mol. The van der Waals surface area contributed by atoms with Gasteiger partial charge >= 0.3 is 0 Å². The maximum atomic E-state index is 12.5. The first-order valence-corrected chi connectivity index (χ1v) is 9.08. The third-order valence-electron chi connectivity index (χ3n) is 4.27. The number of aryl methyl sites for hydroxylation is 1. The molecule has 1 atom stereocenters. The highest BCUT2D eigenvalue weighted by Gasteiger charge is 2.18. The van der Waals surface area contributed by atoms with Gasteiger partial charge in [-0.1, -0.05) is 26.0 Å². The summed E-state index contributed by atoms with van der Waals surface area (Å²) in [5.41, 5.74) is 3.36. The Hall–Kier alpha value is -2.82. The Morgan fingerprint density at radius 1 is 1.00 bits per heavy atom. The van der Waals surface area contributed by atoms with Gasteiger partial charge < -0.3 is 15.0 Å². The van der Waals surface area contributed by atoms with Gasteiger partial charge in [0.1, 0.15) is 5.75 Å². The van der Waals surface area contributed by atoms with E-state index in [9.17, 15) is 9.59 Å². The third-order valence-corrected chi connectivity index (χ3v) is 4.27. The van der Waals surface area contributed by atoms with Crippen LogP contribution in [0.1, 0.15) is 48.2 Å². The molecule has 0 aliphatic heterocycles. The highest BCUT2D eigenvalue weighted by molar-refractivity contribution is 5.96. The SMILES string of the molecule is Cc1ccc(C(C)C)c(OC(C)C(=O)Nc2ccc(C(=O)N(C)C)cc2)c1. The van der Waals surface area contributed by atoms with Gasteiger partial charge in [-0.3, -0.25) is 9.59 Å². The molecule has 27 heavy (non-hydrogen) atoms. The molecule has 0 bridgehead atoms. The first kappa shape index (κ1) is 20.5. The molecule has 144 valence electrons. The molecule has 2 amide bonds. The Kier molecular flexibility index (Phi) is 6.61. The van der Waals surface area contributed by atoms with E-state index in [1.165, 1.54) is 4.90 Å². The van der Waals surface area contributed by atoms with Gasteiger partial charge in [0.2, 0.25) is 0 Å². The molecule has 2 aromatic rings. The molecule has 0 radical (unpaired) electrons. The summed E-state index contributed by atoms with van der Waals surface area (Å²) in [6.07, 6.45) is -0.646. The average Bonchev–Trinajstić information content (AvgIpc) is 2.61. The van der Waals surface area contributed by atoms with Gasteiger partial charge in [-0.2, -0.15) is 0 Å². The smallest absolute Gasteiger partial charge is 0.265 e. The lowest BCUT2D eigenvalue weighted by Crippen LogP contribution is -2.30. The van der Waals surface area contributed by atoms with Crippen LogP contribution in [0.5, 0.6) is 5.75 Å². The lowest BCUT2D eigenvalue weighted by molar-refractivity contribution is -0.122. The number of amides is 2. The maximum Gasteiger partial charge on any atom is 0.265 e. The van der Waals surface area contributed by atoms with Crippen molar-refractivity contribution < 1.29 is 14.3 Å². The van der Waals surface area contributed by atoms with Gasteiger partial charge in [0.25, 0.3) is 11.8 Å². The van der Waals surface area contributed by atoms with E-state index in [-0.39, 0.29) is 11.8 Å². The van der Waals surface area contributed by atoms with Crippen molar-refractivity contribution in [3.8, 4) is 5.75 Å². The van der Waals surface area contributed by atoms with Gasteiger partial charge in [0.05, 0.1) is 0 Å². The quantitative estimate of drug-likeness (QED) is 0.830. The minimum absolute atomic E-state index is 0.0785.